The molecule has 1 saturated carbocycles. The summed E-state index contributed by atoms with van der Waals surface area (Å²) in [6, 6.07) is 1.95. The number of alkyl halides is 3. The number of halogens is 3. The fourth-order valence-electron chi connectivity index (χ4n) is 2.34. The predicted octanol–water partition coefficient (Wildman–Crippen LogP) is 3.45. The zero-order chi connectivity index (χ0) is 14.6. The van der Waals surface area contributed by atoms with E-state index in [9.17, 15) is 18.0 Å². The molecule has 1 fully saturated rings. The second-order valence-corrected chi connectivity index (χ2v) is 4.79. The van der Waals surface area contributed by atoms with E-state index < -0.39 is 12.0 Å². The van der Waals surface area contributed by atoms with Crippen LogP contribution in [0.4, 0.5) is 19.0 Å². The number of aromatic nitrogens is 2. The van der Waals surface area contributed by atoms with E-state index in [1.807, 2.05) is 0 Å². The number of carbonyl (C=O) groups is 1. The van der Waals surface area contributed by atoms with Crippen molar-refractivity contribution in [2.24, 2.45) is 0 Å². The van der Waals surface area contributed by atoms with Crippen molar-refractivity contribution in [3.8, 4) is 0 Å². The Kier molecular flexibility index (Phi) is 4.46. The molecule has 2 rings (SSSR count). The number of hydrogen-bond donors (Lipinski definition) is 1. The summed E-state index contributed by atoms with van der Waals surface area (Å²) in [6.07, 6.45) is 3.75. The van der Waals surface area contributed by atoms with E-state index in [0.29, 0.717) is 11.9 Å². The van der Waals surface area contributed by atoms with Gasteiger partial charge in [0.25, 0.3) is 5.78 Å². The molecule has 0 saturated heterocycles. The molecule has 7 heteroatoms. The lowest BCUT2D eigenvalue weighted by atomic mass is 9.96. The van der Waals surface area contributed by atoms with Crippen LogP contribution >= 0.6 is 0 Å². The molecule has 0 aromatic carbocycles. The van der Waals surface area contributed by atoms with Crippen molar-refractivity contribution in [2.75, 3.05) is 5.32 Å². The molecule has 0 atom stereocenters. The number of nitrogens with one attached hydrogen (secondary N) is 1. The number of rotatable bonds is 4. The van der Waals surface area contributed by atoms with Gasteiger partial charge in [-0.15, -0.1) is 0 Å². The Balaban J connectivity index is 1.98. The SMILES string of the molecule is O=C(/C=C/Nc1ccnn1C1CCCCC1)C(F)(F)F. The van der Waals surface area contributed by atoms with Gasteiger partial charge in [0.2, 0.25) is 0 Å². The molecule has 1 aliphatic carbocycles. The van der Waals surface area contributed by atoms with E-state index in [1.54, 1.807) is 16.9 Å². The summed E-state index contributed by atoms with van der Waals surface area (Å²) in [5, 5.41) is 6.89. The summed E-state index contributed by atoms with van der Waals surface area (Å²) >= 11 is 0. The highest BCUT2D eigenvalue weighted by Crippen LogP contribution is 2.29. The van der Waals surface area contributed by atoms with Gasteiger partial charge in [0.15, 0.2) is 0 Å². The van der Waals surface area contributed by atoms with Crippen LogP contribution in [0, 0.1) is 0 Å². The zero-order valence-corrected chi connectivity index (χ0v) is 10.9. The molecule has 1 aromatic rings. The van der Waals surface area contributed by atoms with E-state index in [1.165, 1.54) is 6.42 Å². The number of hydrogen-bond acceptors (Lipinski definition) is 3. The molecule has 1 heterocycles. The molecular formula is C13H16F3N3O. The minimum Gasteiger partial charge on any atom is -0.347 e. The normalized spacial score (nSPS) is 17.6. The van der Waals surface area contributed by atoms with Crippen LogP contribution in [0.25, 0.3) is 0 Å². The fraction of sp³-hybridized carbons (Fsp3) is 0.538. The van der Waals surface area contributed by atoms with Crippen LogP contribution in [0.1, 0.15) is 38.1 Å². The Hall–Kier alpha value is -1.79. The second-order valence-electron chi connectivity index (χ2n) is 4.79. The first kappa shape index (κ1) is 14.6. The van der Waals surface area contributed by atoms with Crippen LogP contribution in [0.3, 0.4) is 0 Å². The Labute approximate surface area is 114 Å². The first-order chi connectivity index (χ1) is 9.48. The van der Waals surface area contributed by atoms with Crippen molar-refractivity contribution in [3.63, 3.8) is 0 Å². The molecule has 1 aliphatic rings. The predicted molar refractivity (Wildman–Crippen MR) is 68.2 cm³/mol. The average Bonchev–Trinajstić information content (AvgIpc) is 2.87. The summed E-state index contributed by atoms with van der Waals surface area (Å²) in [6.45, 7) is 0. The number of carbonyl (C=O) groups excluding carboxylic acids is 1. The highest BCUT2D eigenvalue weighted by Gasteiger charge is 2.36. The first-order valence-electron chi connectivity index (χ1n) is 6.56. The van der Waals surface area contributed by atoms with Gasteiger partial charge in [-0.3, -0.25) is 4.79 Å². The van der Waals surface area contributed by atoms with Crippen LogP contribution in [-0.2, 0) is 4.79 Å². The maximum Gasteiger partial charge on any atom is 0.454 e. The summed E-state index contributed by atoms with van der Waals surface area (Å²) < 4.78 is 37.9. The van der Waals surface area contributed by atoms with Gasteiger partial charge in [-0.1, -0.05) is 19.3 Å². The van der Waals surface area contributed by atoms with Gasteiger partial charge in [0.05, 0.1) is 12.2 Å². The maximum absolute atomic E-state index is 12.0. The summed E-state index contributed by atoms with van der Waals surface area (Å²) in [4.78, 5) is 10.7. The van der Waals surface area contributed by atoms with Gasteiger partial charge in [-0.05, 0) is 12.8 Å². The van der Waals surface area contributed by atoms with Gasteiger partial charge < -0.3 is 5.32 Å². The van der Waals surface area contributed by atoms with E-state index in [0.717, 1.165) is 31.9 Å². The quantitative estimate of drug-likeness (QED) is 0.863. The highest BCUT2D eigenvalue weighted by molar-refractivity contribution is 5.94. The van der Waals surface area contributed by atoms with Gasteiger partial charge >= 0.3 is 6.18 Å². The molecule has 0 aliphatic heterocycles. The van der Waals surface area contributed by atoms with Crippen molar-refractivity contribution in [1.82, 2.24) is 9.78 Å². The van der Waals surface area contributed by atoms with Crippen LogP contribution in [0.2, 0.25) is 0 Å². The smallest absolute Gasteiger partial charge is 0.347 e. The van der Waals surface area contributed by atoms with E-state index in [-0.39, 0.29) is 6.04 Å². The molecule has 4 nitrogen and oxygen atoms in total. The van der Waals surface area contributed by atoms with Crippen LogP contribution in [-0.4, -0.2) is 21.7 Å². The third-order valence-corrected chi connectivity index (χ3v) is 3.34. The molecule has 20 heavy (non-hydrogen) atoms. The lowest BCUT2D eigenvalue weighted by Gasteiger charge is -2.23. The minimum atomic E-state index is -4.83. The lowest BCUT2D eigenvalue weighted by molar-refractivity contribution is -0.165. The minimum absolute atomic E-state index is 0.271. The number of anilines is 1. The lowest BCUT2D eigenvalue weighted by Crippen LogP contribution is -2.20. The van der Waals surface area contributed by atoms with Crippen molar-refractivity contribution in [3.05, 3.63) is 24.5 Å². The molecule has 0 amide bonds. The topological polar surface area (TPSA) is 46.9 Å². The average molecular weight is 287 g/mol. The summed E-state index contributed by atoms with van der Waals surface area (Å²) in [7, 11) is 0. The largest absolute Gasteiger partial charge is 0.454 e. The monoisotopic (exact) mass is 287 g/mol. The molecule has 1 aromatic heterocycles. The molecule has 0 radical (unpaired) electrons. The van der Waals surface area contributed by atoms with E-state index in [4.69, 9.17) is 0 Å². The van der Waals surface area contributed by atoms with Gasteiger partial charge in [0, 0.05) is 18.3 Å². The third kappa shape index (κ3) is 3.61. The Bertz CT molecular complexity index is 487. The van der Waals surface area contributed by atoms with Crippen LogP contribution < -0.4 is 5.32 Å². The Morgan fingerprint density at radius 3 is 2.70 bits per heavy atom. The number of nitrogens with zero attached hydrogens (tertiary/aromatic N) is 2. The standard InChI is InChI=1S/C13H16F3N3O/c14-13(15,16)11(20)6-8-17-12-7-9-18-19(12)10-4-2-1-3-5-10/h6-10,17H,1-5H2/b8-6+. The van der Waals surface area contributed by atoms with Crippen LogP contribution in [0.15, 0.2) is 24.5 Å². The van der Waals surface area contributed by atoms with Crippen molar-refractivity contribution in [2.45, 2.75) is 44.3 Å². The third-order valence-electron chi connectivity index (χ3n) is 3.34. The van der Waals surface area contributed by atoms with Crippen LogP contribution in [0.5, 0.6) is 0 Å². The number of ketones is 1. The molecule has 0 unspecified atom stereocenters. The second kappa shape index (κ2) is 6.11. The molecule has 0 spiro atoms. The summed E-state index contributed by atoms with van der Waals surface area (Å²) in [5.74, 6) is -1.28. The Morgan fingerprint density at radius 2 is 2.05 bits per heavy atom. The van der Waals surface area contributed by atoms with Crippen molar-refractivity contribution >= 4 is 11.6 Å². The fourth-order valence-corrected chi connectivity index (χ4v) is 2.34. The van der Waals surface area contributed by atoms with Gasteiger partial charge in [-0.2, -0.15) is 18.3 Å². The van der Waals surface area contributed by atoms with Crippen molar-refractivity contribution in [1.29, 1.82) is 0 Å². The highest BCUT2D eigenvalue weighted by atomic mass is 19.4. The molecule has 1 N–H and O–H groups in total. The Morgan fingerprint density at radius 1 is 1.35 bits per heavy atom. The first-order valence-corrected chi connectivity index (χ1v) is 6.56. The summed E-state index contributed by atoms with van der Waals surface area (Å²) in [5.41, 5.74) is 0. The van der Waals surface area contributed by atoms with Gasteiger partial charge in [0.1, 0.15) is 5.82 Å². The number of allylic oxidation sites excluding steroid dienone is 1. The van der Waals surface area contributed by atoms with Crippen molar-refractivity contribution < 1.29 is 18.0 Å². The van der Waals surface area contributed by atoms with E-state index in [2.05, 4.69) is 10.4 Å². The van der Waals surface area contributed by atoms with E-state index >= 15 is 0 Å². The van der Waals surface area contributed by atoms with Gasteiger partial charge in [-0.25, -0.2) is 4.68 Å². The zero-order valence-electron chi connectivity index (χ0n) is 10.9. The molecular weight excluding hydrogens is 271 g/mol. The molecule has 0 bridgehead atoms. The maximum atomic E-state index is 12.0. The molecule has 110 valence electrons.